The normalized spacial score (nSPS) is 20.8. The van der Waals surface area contributed by atoms with Crippen LogP contribution >= 0.6 is 15.9 Å². The summed E-state index contributed by atoms with van der Waals surface area (Å²) in [5.41, 5.74) is 4.31. The first kappa shape index (κ1) is 14.5. The van der Waals surface area contributed by atoms with Gasteiger partial charge in [0, 0.05) is 18.6 Å². The van der Waals surface area contributed by atoms with Crippen molar-refractivity contribution in [3.05, 3.63) is 63.9 Å². The first-order valence-electron chi connectivity index (χ1n) is 7.05. The van der Waals surface area contributed by atoms with Gasteiger partial charge in [0.2, 0.25) is 5.69 Å². The molecule has 1 atom stereocenters. The minimum Gasteiger partial charge on any atom is -0.205 e. The fourth-order valence-electron chi connectivity index (χ4n) is 3.27. The van der Waals surface area contributed by atoms with E-state index in [1.807, 2.05) is 18.2 Å². The summed E-state index contributed by atoms with van der Waals surface area (Å²) in [6.45, 7) is 4.33. The molecule has 2 aromatic carbocycles. The number of hydrogen-bond acceptors (Lipinski definition) is 0. The Bertz CT molecular complexity index is 751. The van der Waals surface area contributed by atoms with E-state index in [0.29, 0.717) is 10.9 Å². The van der Waals surface area contributed by atoms with Crippen LogP contribution in [-0.2, 0) is 11.8 Å². The highest BCUT2D eigenvalue weighted by Crippen LogP contribution is 2.41. The van der Waals surface area contributed by atoms with Gasteiger partial charge in [0.25, 0.3) is 0 Å². The molecule has 0 saturated heterocycles. The van der Waals surface area contributed by atoms with Gasteiger partial charge in [0.1, 0.15) is 12.9 Å². The summed E-state index contributed by atoms with van der Waals surface area (Å²) in [6.07, 6.45) is 0.658. The fraction of sp³-hybridized carbons (Fsp3) is 0.278. The van der Waals surface area contributed by atoms with Gasteiger partial charge in [-0.15, -0.1) is 0 Å². The molecule has 1 heterocycles. The van der Waals surface area contributed by atoms with E-state index in [-0.39, 0.29) is 11.2 Å². The lowest BCUT2D eigenvalue weighted by Gasteiger charge is -2.22. The van der Waals surface area contributed by atoms with E-state index in [4.69, 9.17) is 0 Å². The van der Waals surface area contributed by atoms with Crippen LogP contribution in [0.25, 0.3) is 0 Å². The van der Waals surface area contributed by atoms with E-state index in [1.54, 1.807) is 6.07 Å². The fourth-order valence-corrected chi connectivity index (χ4v) is 3.67. The Balaban J connectivity index is 2.12. The van der Waals surface area contributed by atoms with Crippen molar-refractivity contribution in [1.82, 2.24) is 0 Å². The molecule has 0 aromatic heterocycles. The molecule has 21 heavy (non-hydrogen) atoms. The molecular weight excluding hydrogens is 329 g/mol. The van der Waals surface area contributed by atoms with Gasteiger partial charge in [-0.3, -0.25) is 0 Å². The van der Waals surface area contributed by atoms with E-state index in [2.05, 4.69) is 59.6 Å². The van der Waals surface area contributed by atoms with E-state index in [1.165, 1.54) is 17.0 Å². The first-order chi connectivity index (χ1) is 9.95. The van der Waals surface area contributed by atoms with E-state index in [9.17, 15) is 4.39 Å². The molecule has 0 radical (unpaired) electrons. The van der Waals surface area contributed by atoms with Gasteiger partial charge in [0.15, 0.2) is 5.71 Å². The highest BCUT2D eigenvalue weighted by Gasteiger charge is 2.45. The van der Waals surface area contributed by atoms with Crippen LogP contribution in [0.1, 0.15) is 25.0 Å². The predicted molar refractivity (Wildman–Crippen MR) is 88.1 cm³/mol. The zero-order valence-corrected chi connectivity index (χ0v) is 14.0. The molecule has 108 valence electrons. The molecule has 0 saturated carbocycles. The van der Waals surface area contributed by atoms with Crippen molar-refractivity contribution in [3.63, 3.8) is 0 Å². The molecule has 0 fully saturated rings. The van der Waals surface area contributed by atoms with Crippen LogP contribution in [0.5, 0.6) is 0 Å². The van der Waals surface area contributed by atoms with Crippen molar-refractivity contribution in [2.24, 2.45) is 0 Å². The van der Waals surface area contributed by atoms with E-state index >= 15 is 0 Å². The molecule has 1 nitrogen and oxygen atoms in total. The van der Waals surface area contributed by atoms with Crippen LogP contribution in [0.3, 0.4) is 0 Å². The Labute approximate surface area is 133 Å². The lowest BCUT2D eigenvalue weighted by Crippen LogP contribution is -2.32. The van der Waals surface area contributed by atoms with Crippen molar-refractivity contribution in [2.45, 2.75) is 25.7 Å². The standard InChI is InChI=1S/C18H18BrFN/c1-12-18(2,11-13-7-6-9-15(19)17(13)20)14-8-4-5-10-16(14)21(12)3/h4-10H,11H2,1-3H3/q+1. The molecule has 0 bridgehead atoms. The van der Waals surface area contributed by atoms with Gasteiger partial charge in [0.05, 0.1) is 9.89 Å². The van der Waals surface area contributed by atoms with Crippen LogP contribution < -0.4 is 0 Å². The van der Waals surface area contributed by atoms with Crippen LogP contribution in [0, 0.1) is 5.82 Å². The topological polar surface area (TPSA) is 3.01 Å². The highest BCUT2D eigenvalue weighted by atomic mass is 79.9. The predicted octanol–water partition coefficient (Wildman–Crippen LogP) is 4.84. The molecule has 0 amide bonds. The molecule has 1 aliphatic rings. The lowest BCUT2D eigenvalue weighted by molar-refractivity contribution is -0.403. The Morgan fingerprint density at radius 3 is 2.62 bits per heavy atom. The monoisotopic (exact) mass is 346 g/mol. The summed E-state index contributed by atoms with van der Waals surface area (Å²) in [5.74, 6) is -0.154. The number of para-hydroxylation sites is 1. The smallest absolute Gasteiger partial charge is 0.205 e. The van der Waals surface area contributed by atoms with Crippen molar-refractivity contribution >= 4 is 27.3 Å². The summed E-state index contributed by atoms with van der Waals surface area (Å²) in [6, 6.07) is 13.9. The molecular formula is C18H18BrFN+. The third-order valence-corrected chi connectivity index (χ3v) is 5.35. The van der Waals surface area contributed by atoms with Gasteiger partial charge >= 0.3 is 0 Å². The Hall–Kier alpha value is -1.48. The summed E-state index contributed by atoms with van der Waals surface area (Å²) in [7, 11) is 2.08. The molecule has 0 spiro atoms. The van der Waals surface area contributed by atoms with Crippen LogP contribution in [0.2, 0.25) is 0 Å². The third-order valence-electron chi connectivity index (χ3n) is 4.74. The summed E-state index contributed by atoms with van der Waals surface area (Å²) < 4.78 is 17.1. The van der Waals surface area contributed by atoms with Gasteiger partial charge in [-0.1, -0.05) is 30.3 Å². The zero-order chi connectivity index (χ0) is 15.2. The van der Waals surface area contributed by atoms with Crippen LogP contribution in [0.4, 0.5) is 10.1 Å². The number of rotatable bonds is 2. The Kier molecular flexibility index (Phi) is 3.48. The average molecular weight is 347 g/mol. The van der Waals surface area contributed by atoms with Crippen molar-refractivity contribution in [1.29, 1.82) is 0 Å². The number of halogens is 2. The van der Waals surface area contributed by atoms with Gasteiger partial charge in [-0.25, -0.2) is 8.97 Å². The molecule has 3 heteroatoms. The van der Waals surface area contributed by atoms with E-state index < -0.39 is 0 Å². The minimum atomic E-state index is -0.174. The average Bonchev–Trinajstić information content (AvgIpc) is 2.67. The maximum atomic E-state index is 14.4. The van der Waals surface area contributed by atoms with Crippen LogP contribution in [-0.4, -0.2) is 17.3 Å². The number of nitrogens with zero attached hydrogens (tertiary/aromatic N) is 1. The van der Waals surface area contributed by atoms with Crippen molar-refractivity contribution in [2.75, 3.05) is 7.05 Å². The van der Waals surface area contributed by atoms with Gasteiger partial charge in [-0.05, 0) is 40.9 Å². The quantitative estimate of drug-likeness (QED) is 0.684. The van der Waals surface area contributed by atoms with Crippen LogP contribution in [0.15, 0.2) is 46.9 Å². The second-order valence-corrected chi connectivity index (χ2v) is 6.74. The summed E-state index contributed by atoms with van der Waals surface area (Å²) >= 11 is 3.28. The van der Waals surface area contributed by atoms with Crippen molar-refractivity contribution < 1.29 is 8.97 Å². The number of fused-ring (bicyclic) bond motifs is 1. The molecule has 3 rings (SSSR count). The second-order valence-electron chi connectivity index (χ2n) is 5.88. The molecule has 2 aromatic rings. The molecule has 0 aliphatic carbocycles. The largest absolute Gasteiger partial charge is 0.209 e. The third kappa shape index (κ3) is 2.15. The molecule has 1 unspecified atom stereocenters. The Morgan fingerprint density at radius 1 is 1.14 bits per heavy atom. The first-order valence-corrected chi connectivity index (χ1v) is 7.84. The van der Waals surface area contributed by atoms with Gasteiger partial charge < -0.3 is 0 Å². The van der Waals surface area contributed by atoms with Crippen molar-refractivity contribution in [3.8, 4) is 0 Å². The highest BCUT2D eigenvalue weighted by molar-refractivity contribution is 9.10. The molecule has 0 N–H and O–H groups in total. The van der Waals surface area contributed by atoms with Gasteiger partial charge in [-0.2, -0.15) is 0 Å². The summed E-state index contributed by atoms with van der Waals surface area (Å²) in [4.78, 5) is 0. The second kappa shape index (κ2) is 5.06. The number of benzene rings is 2. The lowest BCUT2D eigenvalue weighted by atomic mass is 9.75. The summed E-state index contributed by atoms with van der Waals surface area (Å²) in [5, 5.41) is 0. The minimum absolute atomic E-state index is 0.154. The Morgan fingerprint density at radius 2 is 1.86 bits per heavy atom. The zero-order valence-electron chi connectivity index (χ0n) is 12.5. The maximum Gasteiger partial charge on any atom is 0.209 e. The maximum absolute atomic E-state index is 14.4. The SMILES string of the molecule is CC1=[N+](C)c2ccccc2C1(C)Cc1cccc(Br)c1F. The van der Waals surface area contributed by atoms with E-state index in [0.717, 1.165) is 5.56 Å². The number of hydrogen-bond donors (Lipinski definition) is 0. The molecule has 1 aliphatic heterocycles.